The van der Waals surface area contributed by atoms with Crippen molar-refractivity contribution in [1.82, 2.24) is 0 Å². The molecular weight excluding hydrogens is 464 g/mol. The van der Waals surface area contributed by atoms with Gasteiger partial charge in [-0.3, -0.25) is 9.79 Å². The van der Waals surface area contributed by atoms with Crippen molar-refractivity contribution in [2.45, 2.75) is 52.4 Å². The van der Waals surface area contributed by atoms with E-state index < -0.39 is 17.8 Å². The van der Waals surface area contributed by atoms with E-state index in [1.54, 1.807) is 0 Å². The lowest BCUT2D eigenvalue weighted by molar-refractivity contribution is -0.141. The molecule has 3 atom stereocenters. The van der Waals surface area contributed by atoms with Gasteiger partial charge in [-0.1, -0.05) is 42.5 Å². The van der Waals surface area contributed by atoms with Crippen LogP contribution in [0.2, 0.25) is 0 Å². The third-order valence-electron chi connectivity index (χ3n) is 7.49. The molecule has 0 aromatic heterocycles. The molecule has 1 saturated carbocycles. The van der Waals surface area contributed by atoms with Crippen LogP contribution >= 0.6 is 0 Å². The molecule has 1 fully saturated rings. The second kappa shape index (κ2) is 12.3. The molecule has 2 aromatic carbocycles. The van der Waals surface area contributed by atoms with E-state index in [1.165, 1.54) is 0 Å². The highest BCUT2D eigenvalue weighted by Gasteiger charge is 2.46. The van der Waals surface area contributed by atoms with Crippen molar-refractivity contribution >= 4 is 23.2 Å². The van der Waals surface area contributed by atoms with E-state index in [2.05, 4.69) is 55.1 Å². The summed E-state index contributed by atoms with van der Waals surface area (Å²) in [5.41, 5.74) is 5.19. The molecular formula is C31H38N2O4. The summed E-state index contributed by atoms with van der Waals surface area (Å²) in [4.78, 5) is 34.3. The zero-order chi connectivity index (χ0) is 26.4. The highest BCUT2D eigenvalue weighted by atomic mass is 16.6. The summed E-state index contributed by atoms with van der Waals surface area (Å²) in [6, 6.07) is 18.4. The Morgan fingerprint density at radius 2 is 1.62 bits per heavy atom. The Morgan fingerprint density at radius 3 is 2.27 bits per heavy atom. The van der Waals surface area contributed by atoms with Gasteiger partial charge in [0.15, 0.2) is 0 Å². The summed E-state index contributed by atoms with van der Waals surface area (Å²) in [6.45, 7) is 10.9. The first-order chi connectivity index (χ1) is 18.0. The Labute approximate surface area is 220 Å². The van der Waals surface area contributed by atoms with E-state index in [9.17, 15) is 9.59 Å². The first kappa shape index (κ1) is 26.8. The van der Waals surface area contributed by atoms with Gasteiger partial charge in [0.2, 0.25) is 0 Å². The van der Waals surface area contributed by atoms with Crippen molar-refractivity contribution in [2.24, 2.45) is 10.9 Å². The van der Waals surface area contributed by atoms with E-state index in [0.717, 1.165) is 35.6 Å². The summed E-state index contributed by atoms with van der Waals surface area (Å²) in [7, 11) is 0. The topological polar surface area (TPSA) is 68.2 Å². The van der Waals surface area contributed by atoms with Crippen LogP contribution in [0.4, 0.5) is 5.69 Å². The number of benzene rings is 2. The molecule has 0 radical (unpaired) electrons. The molecule has 0 saturated heterocycles. The number of aliphatic imine (C=N–C) groups is 1. The number of hydrogen-bond acceptors (Lipinski definition) is 6. The fraction of sp³-hybridized carbons (Fsp3) is 0.452. The number of rotatable bonds is 10. The van der Waals surface area contributed by atoms with Crippen LogP contribution in [0.15, 0.2) is 70.9 Å². The standard InChI is InChI=1S/C31H38N2O4/c1-5-33(6-2)25-15-13-23(14-16-25)29-28(31(35)37-18-17-36-7-3)21(4)32-26-19-24(20-27(34)30(26)29)22-11-9-8-10-12-22/h8-16,24,29-30H,5-7,17-20H2,1-4H3/t24-,29-,30?/m0/s1. The van der Waals surface area contributed by atoms with E-state index in [1.807, 2.05) is 32.0 Å². The van der Waals surface area contributed by atoms with Crippen molar-refractivity contribution in [3.63, 3.8) is 0 Å². The van der Waals surface area contributed by atoms with Gasteiger partial charge in [-0.25, -0.2) is 4.79 Å². The summed E-state index contributed by atoms with van der Waals surface area (Å²) < 4.78 is 10.9. The largest absolute Gasteiger partial charge is 0.460 e. The average Bonchev–Trinajstić information content (AvgIpc) is 2.91. The maximum atomic E-state index is 13.8. The van der Waals surface area contributed by atoms with Crippen LogP contribution in [0.3, 0.4) is 0 Å². The second-order valence-electron chi connectivity index (χ2n) is 9.64. The number of Topliss-reactive ketones (excluding diaryl/α,β-unsaturated/α-hetero) is 1. The van der Waals surface area contributed by atoms with Crippen molar-refractivity contribution in [1.29, 1.82) is 0 Å². The lowest BCUT2D eigenvalue weighted by Crippen LogP contribution is -2.41. The van der Waals surface area contributed by atoms with E-state index in [4.69, 9.17) is 14.5 Å². The highest BCUT2D eigenvalue weighted by Crippen LogP contribution is 2.46. The molecule has 1 aliphatic heterocycles. The first-order valence-corrected chi connectivity index (χ1v) is 13.4. The minimum atomic E-state index is -0.461. The molecule has 0 bridgehead atoms. The number of hydrogen-bond donors (Lipinski definition) is 0. The van der Waals surface area contributed by atoms with Crippen molar-refractivity contribution in [3.05, 3.63) is 77.0 Å². The molecule has 1 unspecified atom stereocenters. The Kier molecular flexibility index (Phi) is 8.93. The Hall–Kier alpha value is -3.25. The number of esters is 1. The third kappa shape index (κ3) is 5.85. The SMILES string of the molecule is CCOCCOC(=O)C1=C(C)N=C2C[C@H](c3ccccc3)CC(=O)C2[C@H]1c1ccc(N(CC)CC)cc1. The molecule has 2 aromatic rings. The predicted molar refractivity (Wildman–Crippen MR) is 147 cm³/mol. The highest BCUT2D eigenvalue weighted by molar-refractivity contribution is 6.12. The van der Waals surface area contributed by atoms with Crippen molar-refractivity contribution in [3.8, 4) is 0 Å². The fourth-order valence-corrected chi connectivity index (χ4v) is 5.66. The van der Waals surface area contributed by atoms with Gasteiger partial charge < -0.3 is 14.4 Å². The van der Waals surface area contributed by atoms with E-state index >= 15 is 0 Å². The Balaban J connectivity index is 1.71. The van der Waals surface area contributed by atoms with E-state index in [-0.39, 0.29) is 18.3 Å². The number of ketones is 1. The van der Waals surface area contributed by atoms with Crippen LogP contribution in [-0.4, -0.2) is 50.4 Å². The molecule has 2 aliphatic rings. The summed E-state index contributed by atoms with van der Waals surface area (Å²) >= 11 is 0. The van der Waals surface area contributed by atoms with Gasteiger partial charge in [0.25, 0.3) is 0 Å². The number of anilines is 1. The van der Waals surface area contributed by atoms with Crippen molar-refractivity contribution < 1.29 is 19.1 Å². The minimum absolute atomic E-state index is 0.0990. The molecule has 37 heavy (non-hydrogen) atoms. The summed E-state index contributed by atoms with van der Waals surface area (Å²) in [5, 5.41) is 0. The number of nitrogens with zero attached hydrogens (tertiary/aromatic N) is 2. The van der Waals surface area contributed by atoms with Gasteiger partial charge in [-0.2, -0.15) is 0 Å². The molecule has 196 valence electrons. The number of carbonyl (C=O) groups excluding carboxylic acids is 2. The molecule has 6 nitrogen and oxygen atoms in total. The molecule has 4 rings (SSSR count). The van der Waals surface area contributed by atoms with Crippen LogP contribution in [0, 0.1) is 5.92 Å². The lowest BCUT2D eigenvalue weighted by Gasteiger charge is -2.38. The molecule has 0 amide bonds. The second-order valence-corrected chi connectivity index (χ2v) is 9.64. The maximum absolute atomic E-state index is 13.8. The smallest absolute Gasteiger partial charge is 0.336 e. The normalized spacial score (nSPS) is 21.4. The van der Waals surface area contributed by atoms with Gasteiger partial charge in [0, 0.05) is 49.1 Å². The van der Waals surface area contributed by atoms with Crippen LogP contribution < -0.4 is 4.90 Å². The van der Waals surface area contributed by atoms with Gasteiger partial charge >= 0.3 is 5.97 Å². The summed E-state index contributed by atoms with van der Waals surface area (Å²) in [6.07, 6.45) is 1.14. The van der Waals surface area contributed by atoms with Crippen molar-refractivity contribution in [2.75, 3.05) is 37.8 Å². The summed E-state index contributed by atoms with van der Waals surface area (Å²) in [5.74, 6) is -1.07. The Morgan fingerprint density at radius 1 is 0.919 bits per heavy atom. The van der Waals surface area contributed by atoms with Crippen LogP contribution in [-0.2, 0) is 19.1 Å². The molecule has 6 heteroatoms. The zero-order valence-corrected chi connectivity index (χ0v) is 22.4. The van der Waals surface area contributed by atoms with Crippen LogP contribution in [0.25, 0.3) is 0 Å². The van der Waals surface area contributed by atoms with Crippen LogP contribution in [0.5, 0.6) is 0 Å². The van der Waals surface area contributed by atoms with Gasteiger partial charge in [0.1, 0.15) is 12.4 Å². The third-order valence-corrected chi connectivity index (χ3v) is 7.49. The predicted octanol–water partition coefficient (Wildman–Crippen LogP) is 5.69. The van der Waals surface area contributed by atoms with Crippen LogP contribution in [0.1, 0.15) is 63.5 Å². The molecule has 1 aliphatic carbocycles. The monoisotopic (exact) mass is 502 g/mol. The number of allylic oxidation sites excluding steroid dienone is 1. The van der Waals surface area contributed by atoms with E-state index in [0.29, 0.717) is 37.3 Å². The lowest BCUT2D eigenvalue weighted by atomic mass is 9.66. The number of fused-ring (bicyclic) bond motifs is 1. The molecule has 1 heterocycles. The molecule has 0 N–H and O–H groups in total. The quantitative estimate of drug-likeness (QED) is 0.309. The van der Waals surface area contributed by atoms with Gasteiger partial charge in [0.05, 0.1) is 18.1 Å². The number of carbonyl (C=O) groups is 2. The Bertz CT molecular complexity index is 1150. The fourth-order valence-electron chi connectivity index (χ4n) is 5.66. The minimum Gasteiger partial charge on any atom is -0.460 e. The first-order valence-electron chi connectivity index (χ1n) is 13.4. The molecule has 0 spiro atoms. The van der Waals surface area contributed by atoms with Gasteiger partial charge in [-0.05, 0) is 63.3 Å². The maximum Gasteiger partial charge on any atom is 0.336 e. The van der Waals surface area contributed by atoms with Gasteiger partial charge in [-0.15, -0.1) is 0 Å². The zero-order valence-electron chi connectivity index (χ0n) is 22.4. The number of ether oxygens (including phenoxy) is 2. The average molecular weight is 503 g/mol.